The Morgan fingerprint density at radius 1 is 1.44 bits per heavy atom. The number of rotatable bonds is 4. The van der Waals surface area contributed by atoms with E-state index in [-0.39, 0.29) is 29.9 Å². The summed E-state index contributed by atoms with van der Waals surface area (Å²) in [6.45, 7) is 1.90. The molecule has 0 aromatic carbocycles. The molecule has 1 amide bonds. The Morgan fingerprint density at radius 2 is 2.06 bits per heavy atom. The van der Waals surface area contributed by atoms with Gasteiger partial charge in [-0.25, -0.2) is 9.97 Å². The zero-order valence-electron chi connectivity index (χ0n) is 10.6. The summed E-state index contributed by atoms with van der Waals surface area (Å²) in [5, 5.41) is 0. The monoisotopic (exact) mass is 252 g/mol. The van der Waals surface area contributed by atoms with Crippen LogP contribution in [0, 0.1) is 5.92 Å². The number of nitrogens with two attached hydrogens (primary N) is 1. The Labute approximate surface area is 105 Å². The molecule has 98 valence electrons. The van der Waals surface area contributed by atoms with E-state index in [9.17, 15) is 9.59 Å². The second-order valence-electron chi connectivity index (χ2n) is 3.90. The lowest BCUT2D eigenvalue weighted by Gasteiger charge is -2.20. The zero-order valence-corrected chi connectivity index (χ0v) is 10.6. The van der Waals surface area contributed by atoms with Crippen molar-refractivity contribution in [3.8, 4) is 0 Å². The van der Waals surface area contributed by atoms with Crippen molar-refractivity contribution in [2.24, 2.45) is 5.92 Å². The molecule has 0 aliphatic carbocycles. The van der Waals surface area contributed by atoms with Crippen molar-refractivity contribution in [3.05, 3.63) is 18.1 Å². The summed E-state index contributed by atoms with van der Waals surface area (Å²) in [4.78, 5) is 32.3. The number of hydrogen-bond acceptors (Lipinski definition) is 6. The molecule has 0 spiro atoms. The van der Waals surface area contributed by atoms with Crippen LogP contribution in [0.15, 0.2) is 12.4 Å². The molecule has 1 aromatic rings. The van der Waals surface area contributed by atoms with Gasteiger partial charge in [0, 0.05) is 26.0 Å². The van der Waals surface area contributed by atoms with Crippen LogP contribution < -0.4 is 5.73 Å². The summed E-state index contributed by atoms with van der Waals surface area (Å²) < 4.78 is 4.59. The third-order valence-corrected chi connectivity index (χ3v) is 2.43. The van der Waals surface area contributed by atoms with Gasteiger partial charge in [0.15, 0.2) is 11.5 Å². The fraction of sp³-hybridized carbons (Fsp3) is 0.455. The molecule has 1 heterocycles. The fourth-order valence-electron chi connectivity index (χ4n) is 1.46. The van der Waals surface area contributed by atoms with Crippen LogP contribution in [-0.2, 0) is 9.53 Å². The predicted octanol–water partition coefficient (Wildman–Crippen LogP) is -0.0601. The number of nitrogens with zero attached hydrogens (tertiary/aromatic N) is 3. The molecule has 7 nitrogen and oxygen atoms in total. The lowest BCUT2D eigenvalue weighted by atomic mass is 10.1. The highest BCUT2D eigenvalue weighted by atomic mass is 16.5. The summed E-state index contributed by atoms with van der Waals surface area (Å²) >= 11 is 0. The van der Waals surface area contributed by atoms with Crippen LogP contribution in [0.25, 0.3) is 0 Å². The maximum absolute atomic E-state index is 12.0. The number of nitrogen functional groups attached to an aromatic ring is 1. The van der Waals surface area contributed by atoms with Gasteiger partial charge in [-0.3, -0.25) is 9.59 Å². The third-order valence-electron chi connectivity index (χ3n) is 2.43. The quantitative estimate of drug-likeness (QED) is 0.754. The van der Waals surface area contributed by atoms with E-state index >= 15 is 0 Å². The maximum atomic E-state index is 12.0. The smallest absolute Gasteiger partial charge is 0.310 e. The summed E-state index contributed by atoms with van der Waals surface area (Å²) in [6.07, 6.45) is 2.80. The molecule has 1 unspecified atom stereocenters. The van der Waals surface area contributed by atoms with Gasteiger partial charge in [-0.15, -0.1) is 0 Å². The highest BCUT2D eigenvalue weighted by molar-refractivity contribution is 5.96. The highest BCUT2D eigenvalue weighted by Gasteiger charge is 2.21. The van der Waals surface area contributed by atoms with E-state index in [4.69, 9.17) is 5.73 Å². The molecule has 1 aromatic heterocycles. The van der Waals surface area contributed by atoms with E-state index in [0.29, 0.717) is 0 Å². The van der Waals surface area contributed by atoms with Crippen molar-refractivity contribution in [1.82, 2.24) is 14.9 Å². The number of carbonyl (C=O) groups excluding carboxylic acids is 2. The highest BCUT2D eigenvalue weighted by Crippen LogP contribution is 2.08. The summed E-state index contributed by atoms with van der Waals surface area (Å²) in [6, 6.07) is 0. The van der Waals surface area contributed by atoms with Crippen LogP contribution in [0.1, 0.15) is 17.4 Å². The molecule has 0 radical (unpaired) electrons. The van der Waals surface area contributed by atoms with E-state index in [0.717, 1.165) is 0 Å². The van der Waals surface area contributed by atoms with Crippen LogP contribution >= 0.6 is 0 Å². The van der Waals surface area contributed by atoms with Gasteiger partial charge >= 0.3 is 5.97 Å². The summed E-state index contributed by atoms with van der Waals surface area (Å²) in [5.74, 6) is -1.10. The van der Waals surface area contributed by atoms with Gasteiger partial charge in [-0.1, -0.05) is 6.92 Å². The van der Waals surface area contributed by atoms with Crippen molar-refractivity contribution in [1.29, 1.82) is 0 Å². The van der Waals surface area contributed by atoms with Crippen molar-refractivity contribution < 1.29 is 14.3 Å². The first-order chi connectivity index (χ1) is 8.47. The Bertz CT molecular complexity index is 450. The number of amides is 1. The average Bonchev–Trinajstić information content (AvgIpc) is 2.37. The number of anilines is 1. The van der Waals surface area contributed by atoms with E-state index in [2.05, 4.69) is 14.7 Å². The van der Waals surface area contributed by atoms with Gasteiger partial charge in [-0.2, -0.15) is 0 Å². The minimum Gasteiger partial charge on any atom is -0.469 e. The number of esters is 1. The standard InChI is InChI=1S/C11H16N4O3/c1-7(11(17)18-3)6-15(2)10(16)8-9(12)14-5-4-13-8/h4-5,7H,6H2,1-3H3,(H2,12,14). The molecule has 1 rings (SSSR count). The average molecular weight is 252 g/mol. The van der Waals surface area contributed by atoms with E-state index < -0.39 is 5.92 Å². The lowest BCUT2D eigenvalue weighted by Crippen LogP contribution is -2.35. The van der Waals surface area contributed by atoms with E-state index in [1.54, 1.807) is 14.0 Å². The SMILES string of the molecule is COC(=O)C(C)CN(C)C(=O)c1nccnc1N. The molecular formula is C11H16N4O3. The van der Waals surface area contributed by atoms with Gasteiger partial charge in [0.05, 0.1) is 13.0 Å². The van der Waals surface area contributed by atoms with Crippen LogP contribution in [0.4, 0.5) is 5.82 Å². The van der Waals surface area contributed by atoms with Crippen molar-refractivity contribution >= 4 is 17.7 Å². The Hall–Kier alpha value is -2.18. The topological polar surface area (TPSA) is 98.4 Å². The number of carbonyl (C=O) groups is 2. The summed E-state index contributed by atoms with van der Waals surface area (Å²) in [7, 11) is 2.87. The minimum atomic E-state index is -0.415. The first-order valence-electron chi connectivity index (χ1n) is 5.37. The first kappa shape index (κ1) is 13.9. The molecule has 0 fully saturated rings. The molecule has 7 heteroatoms. The molecule has 2 N–H and O–H groups in total. The Balaban J connectivity index is 2.74. The molecule has 0 saturated carbocycles. The third kappa shape index (κ3) is 3.16. The van der Waals surface area contributed by atoms with Gasteiger partial charge in [0.1, 0.15) is 0 Å². The fourth-order valence-corrected chi connectivity index (χ4v) is 1.46. The Kier molecular flexibility index (Phi) is 4.59. The molecule has 0 aliphatic rings. The molecular weight excluding hydrogens is 236 g/mol. The second kappa shape index (κ2) is 5.95. The van der Waals surface area contributed by atoms with Crippen molar-refractivity contribution in [2.75, 3.05) is 26.4 Å². The van der Waals surface area contributed by atoms with Crippen LogP contribution in [0.3, 0.4) is 0 Å². The number of methoxy groups -OCH3 is 1. The number of aromatic nitrogens is 2. The van der Waals surface area contributed by atoms with Gasteiger partial charge in [0.2, 0.25) is 0 Å². The van der Waals surface area contributed by atoms with Crippen LogP contribution in [0.5, 0.6) is 0 Å². The lowest BCUT2D eigenvalue weighted by molar-refractivity contribution is -0.145. The van der Waals surface area contributed by atoms with Gasteiger partial charge < -0.3 is 15.4 Å². The molecule has 0 aliphatic heterocycles. The van der Waals surface area contributed by atoms with Gasteiger partial charge in [0.25, 0.3) is 5.91 Å². The number of ether oxygens (including phenoxy) is 1. The van der Waals surface area contributed by atoms with Crippen LogP contribution in [-0.4, -0.2) is 47.4 Å². The first-order valence-corrected chi connectivity index (χ1v) is 5.37. The van der Waals surface area contributed by atoms with E-state index in [1.165, 1.54) is 24.4 Å². The minimum absolute atomic E-state index is 0.0695. The summed E-state index contributed by atoms with van der Waals surface area (Å²) in [5.41, 5.74) is 5.64. The molecule has 0 bridgehead atoms. The number of hydrogen-bond donors (Lipinski definition) is 1. The van der Waals surface area contributed by atoms with Crippen molar-refractivity contribution in [3.63, 3.8) is 0 Å². The largest absolute Gasteiger partial charge is 0.469 e. The second-order valence-corrected chi connectivity index (χ2v) is 3.90. The molecule has 0 saturated heterocycles. The molecule has 1 atom stereocenters. The van der Waals surface area contributed by atoms with Gasteiger partial charge in [-0.05, 0) is 0 Å². The Morgan fingerprint density at radius 3 is 2.61 bits per heavy atom. The van der Waals surface area contributed by atoms with E-state index in [1.807, 2.05) is 0 Å². The predicted molar refractivity (Wildman–Crippen MR) is 64.6 cm³/mol. The molecule has 18 heavy (non-hydrogen) atoms. The maximum Gasteiger partial charge on any atom is 0.310 e. The zero-order chi connectivity index (χ0) is 13.7. The van der Waals surface area contributed by atoms with Crippen LogP contribution in [0.2, 0.25) is 0 Å². The normalized spacial score (nSPS) is 11.7. The van der Waals surface area contributed by atoms with Crippen molar-refractivity contribution in [2.45, 2.75) is 6.92 Å².